The predicted molar refractivity (Wildman–Crippen MR) is 86.0 cm³/mol. The molecule has 1 aromatic heterocycles. The molecule has 1 amide bonds. The maximum atomic E-state index is 12.8. The van der Waals surface area contributed by atoms with Crippen LogP contribution in [-0.4, -0.2) is 23.9 Å². The van der Waals surface area contributed by atoms with Crippen LogP contribution < -0.4 is 0 Å². The van der Waals surface area contributed by atoms with Crippen LogP contribution in [0.15, 0.2) is 41.8 Å². The van der Waals surface area contributed by atoms with Gasteiger partial charge in [-0.25, -0.2) is 0 Å². The van der Waals surface area contributed by atoms with Gasteiger partial charge in [-0.2, -0.15) is 0 Å². The van der Waals surface area contributed by atoms with Crippen LogP contribution in [-0.2, 0) is 0 Å². The van der Waals surface area contributed by atoms with Crippen molar-refractivity contribution in [3.05, 3.63) is 57.8 Å². The molecule has 21 heavy (non-hydrogen) atoms. The summed E-state index contributed by atoms with van der Waals surface area (Å²) in [6, 6.07) is 12.5. The summed E-state index contributed by atoms with van der Waals surface area (Å²) in [7, 11) is 0. The molecule has 1 aliphatic heterocycles. The molecule has 2 heterocycles. The van der Waals surface area contributed by atoms with Crippen molar-refractivity contribution in [2.24, 2.45) is 0 Å². The minimum absolute atomic E-state index is 0.233. The summed E-state index contributed by atoms with van der Waals surface area (Å²) in [5, 5.41) is 2.13. The van der Waals surface area contributed by atoms with Gasteiger partial charge in [0.25, 0.3) is 5.91 Å². The summed E-state index contributed by atoms with van der Waals surface area (Å²) in [5.74, 6) is 1.39. The lowest BCUT2D eigenvalue weighted by Gasteiger charge is -2.18. The van der Waals surface area contributed by atoms with Crippen LogP contribution in [0.25, 0.3) is 0 Å². The fourth-order valence-corrected chi connectivity index (χ4v) is 4.17. The van der Waals surface area contributed by atoms with Crippen LogP contribution in [0.1, 0.15) is 51.9 Å². The minimum Gasteiger partial charge on any atom is -0.338 e. The Morgan fingerprint density at radius 2 is 1.90 bits per heavy atom. The molecule has 2 nitrogen and oxygen atoms in total. The highest BCUT2D eigenvalue weighted by atomic mass is 32.1. The summed E-state index contributed by atoms with van der Waals surface area (Å²) in [4.78, 5) is 16.3. The summed E-state index contributed by atoms with van der Waals surface area (Å²) in [6.45, 7) is 1.76. The van der Waals surface area contributed by atoms with Gasteiger partial charge >= 0.3 is 0 Å². The smallest absolute Gasteiger partial charge is 0.254 e. The second-order valence-electron chi connectivity index (χ2n) is 6.11. The number of carbonyl (C=O) groups is 1. The van der Waals surface area contributed by atoms with Gasteiger partial charge in [-0.3, -0.25) is 4.79 Å². The van der Waals surface area contributed by atoms with E-state index in [4.69, 9.17) is 0 Å². The van der Waals surface area contributed by atoms with Crippen LogP contribution in [0.2, 0.25) is 0 Å². The Labute approximate surface area is 129 Å². The van der Waals surface area contributed by atoms with E-state index in [2.05, 4.69) is 29.6 Å². The van der Waals surface area contributed by atoms with Crippen LogP contribution in [0.4, 0.5) is 0 Å². The van der Waals surface area contributed by atoms with Gasteiger partial charge < -0.3 is 4.90 Å². The summed E-state index contributed by atoms with van der Waals surface area (Å²) < 4.78 is 0. The zero-order valence-electron chi connectivity index (χ0n) is 12.0. The number of carbonyl (C=O) groups excluding carboxylic acids is 1. The number of benzene rings is 1. The van der Waals surface area contributed by atoms with Gasteiger partial charge in [0, 0.05) is 29.4 Å². The maximum absolute atomic E-state index is 12.8. The molecule has 108 valence electrons. The molecule has 2 fully saturated rings. The molecule has 0 N–H and O–H groups in total. The Morgan fingerprint density at radius 1 is 1.05 bits per heavy atom. The number of hydrogen-bond acceptors (Lipinski definition) is 2. The quantitative estimate of drug-likeness (QED) is 0.829. The summed E-state index contributed by atoms with van der Waals surface area (Å²) in [5.41, 5.74) is 2.20. The predicted octanol–water partition coefficient (Wildman–Crippen LogP) is 4.26. The van der Waals surface area contributed by atoms with Crippen molar-refractivity contribution in [2.45, 2.75) is 31.1 Å². The van der Waals surface area contributed by atoms with E-state index in [1.807, 2.05) is 28.4 Å². The molecule has 4 rings (SSSR count). The molecule has 1 saturated heterocycles. The standard InChI is InChI=1S/C18H19NOS/c20-18(16-5-2-1-4-15(16)13-7-8-13)19-10-9-14(12-19)17-6-3-11-21-17/h1-6,11,13-14H,7-10,12H2. The molecule has 0 spiro atoms. The van der Waals surface area contributed by atoms with Gasteiger partial charge in [0.15, 0.2) is 0 Å². The van der Waals surface area contributed by atoms with E-state index in [1.54, 1.807) is 0 Å². The first-order valence-corrected chi connectivity index (χ1v) is 8.62. The van der Waals surface area contributed by atoms with Gasteiger partial charge in [0.05, 0.1) is 0 Å². The Morgan fingerprint density at radius 3 is 2.67 bits per heavy atom. The van der Waals surface area contributed by atoms with Crippen molar-refractivity contribution < 1.29 is 4.79 Å². The summed E-state index contributed by atoms with van der Waals surface area (Å²) >= 11 is 1.81. The van der Waals surface area contributed by atoms with Crippen molar-refractivity contribution in [2.75, 3.05) is 13.1 Å². The lowest BCUT2D eigenvalue weighted by Crippen LogP contribution is -2.29. The molecular weight excluding hydrogens is 278 g/mol. The van der Waals surface area contributed by atoms with Crippen molar-refractivity contribution in [1.29, 1.82) is 0 Å². The minimum atomic E-state index is 0.233. The maximum Gasteiger partial charge on any atom is 0.254 e. The van der Waals surface area contributed by atoms with E-state index < -0.39 is 0 Å². The van der Waals surface area contributed by atoms with Crippen LogP contribution >= 0.6 is 11.3 Å². The average Bonchev–Trinajstić information content (AvgIpc) is 3.03. The number of nitrogens with zero attached hydrogens (tertiary/aromatic N) is 1. The molecule has 0 radical (unpaired) electrons. The highest BCUT2D eigenvalue weighted by Crippen LogP contribution is 2.42. The Hall–Kier alpha value is -1.61. The van der Waals surface area contributed by atoms with E-state index in [-0.39, 0.29) is 5.91 Å². The molecule has 3 heteroatoms. The second-order valence-corrected chi connectivity index (χ2v) is 7.09. The highest BCUT2D eigenvalue weighted by Gasteiger charge is 2.32. The first kappa shape index (κ1) is 13.1. The largest absolute Gasteiger partial charge is 0.338 e. The van der Waals surface area contributed by atoms with Gasteiger partial charge in [0.1, 0.15) is 0 Å². The average molecular weight is 297 g/mol. The van der Waals surface area contributed by atoms with Crippen molar-refractivity contribution >= 4 is 17.2 Å². The molecule has 0 bridgehead atoms. The zero-order valence-corrected chi connectivity index (χ0v) is 12.8. The number of amides is 1. The zero-order chi connectivity index (χ0) is 14.2. The molecule has 1 atom stereocenters. The fraction of sp³-hybridized carbons (Fsp3) is 0.389. The van der Waals surface area contributed by atoms with E-state index in [0.29, 0.717) is 11.8 Å². The van der Waals surface area contributed by atoms with Crippen LogP contribution in [0.5, 0.6) is 0 Å². The van der Waals surface area contributed by atoms with Crippen molar-refractivity contribution in [3.8, 4) is 0 Å². The molecular formula is C18H19NOS. The number of thiophene rings is 1. The Kier molecular flexibility index (Phi) is 3.30. The fourth-order valence-electron chi connectivity index (χ4n) is 3.31. The van der Waals surface area contributed by atoms with Gasteiger partial charge in [-0.05, 0) is 48.3 Å². The molecule has 2 aliphatic rings. The van der Waals surface area contributed by atoms with Crippen LogP contribution in [0, 0.1) is 0 Å². The van der Waals surface area contributed by atoms with E-state index in [0.717, 1.165) is 25.1 Å². The second kappa shape index (κ2) is 5.30. The first-order chi connectivity index (χ1) is 10.3. The van der Waals surface area contributed by atoms with Crippen LogP contribution in [0.3, 0.4) is 0 Å². The molecule has 1 unspecified atom stereocenters. The first-order valence-electron chi connectivity index (χ1n) is 7.74. The third-order valence-electron chi connectivity index (χ3n) is 4.63. The van der Waals surface area contributed by atoms with Crippen molar-refractivity contribution in [1.82, 2.24) is 4.90 Å². The molecule has 1 aromatic carbocycles. The normalized spacial score (nSPS) is 21.7. The number of likely N-dealkylation sites (tertiary alicyclic amines) is 1. The monoisotopic (exact) mass is 297 g/mol. The van der Waals surface area contributed by atoms with Gasteiger partial charge in [0.2, 0.25) is 0 Å². The van der Waals surface area contributed by atoms with E-state index >= 15 is 0 Å². The van der Waals surface area contributed by atoms with Gasteiger partial charge in [-0.1, -0.05) is 24.3 Å². The third kappa shape index (κ3) is 2.51. The molecule has 1 aliphatic carbocycles. The number of hydrogen-bond donors (Lipinski definition) is 0. The van der Waals surface area contributed by atoms with Gasteiger partial charge in [-0.15, -0.1) is 11.3 Å². The van der Waals surface area contributed by atoms with E-state index in [9.17, 15) is 4.79 Å². The third-order valence-corrected chi connectivity index (χ3v) is 5.66. The van der Waals surface area contributed by atoms with Crippen molar-refractivity contribution in [3.63, 3.8) is 0 Å². The lowest BCUT2D eigenvalue weighted by molar-refractivity contribution is 0.0789. The highest BCUT2D eigenvalue weighted by molar-refractivity contribution is 7.10. The SMILES string of the molecule is O=C(c1ccccc1C1CC1)N1CCC(c2cccs2)C1. The Balaban J connectivity index is 1.53. The molecule has 1 saturated carbocycles. The molecule has 2 aromatic rings. The van der Waals surface area contributed by atoms with E-state index in [1.165, 1.54) is 23.3 Å². The Bertz CT molecular complexity index is 645. The lowest BCUT2D eigenvalue weighted by atomic mass is 10.0. The summed E-state index contributed by atoms with van der Waals surface area (Å²) in [6.07, 6.45) is 3.57. The topological polar surface area (TPSA) is 20.3 Å². The number of rotatable bonds is 3.